The zero-order valence-electron chi connectivity index (χ0n) is 14.3. The summed E-state index contributed by atoms with van der Waals surface area (Å²) in [6.07, 6.45) is 3.96. The van der Waals surface area contributed by atoms with Crippen LogP contribution in [0.5, 0.6) is 0 Å². The van der Waals surface area contributed by atoms with E-state index in [-0.39, 0.29) is 6.03 Å². The zero-order chi connectivity index (χ0) is 17.9. The molecule has 0 saturated heterocycles. The number of hydrogen-bond acceptors (Lipinski definition) is 2. The van der Waals surface area contributed by atoms with Gasteiger partial charge in [0.15, 0.2) is 0 Å². The molecule has 26 heavy (non-hydrogen) atoms. The van der Waals surface area contributed by atoms with E-state index in [2.05, 4.69) is 15.6 Å². The second-order valence-electron chi connectivity index (χ2n) is 6.12. The Labute approximate surface area is 151 Å². The number of benzene rings is 2. The molecule has 0 radical (unpaired) electrons. The summed E-state index contributed by atoms with van der Waals surface area (Å²) in [5, 5.41) is 5.67. The molecule has 128 valence electrons. The van der Waals surface area contributed by atoms with Crippen LogP contribution in [0.1, 0.15) is 5.56 Å². The number of urea groups is 1. The first-order chi connectivity index (χ1) is 12.7. The molecule has 5 heteroatoms. The lowest BCUT2D eigenvalue weighted by molar-refractivity contribution is 0.262. The summed E-state index contributed by atoms with van der Waals surface area (Å²) in [6.45, 7) is 1.99. The number of hydrogen-bond donors (Lipinski definition) is 2. The third kappa shape index (κ3) is 3.42. The van der Waals surface area contributed by atoms with Crippen LogP contribution in [-0.4, -0.2) is 15.4 Å². The fourth-order valence-corrected chi connectivity index (χ4v) is 2.81. The number of rotatable bonds is 3. The lowest BCUT2D eigenvalue weighted by Crippen LogP contribution is -2.19. The van der Waals surface area contributed by atoms with Gasteiger partial charge in [0.05, 0.1) is 5.69 Å². The summed E-state index contributed by atoms with van der Waals surface area (Å²) < 4.78 is 1.98. The van der Waals surface area contributed by atoms with Gasteiger partial charge in [-0.05, 0) is 48.9 Å². The highest BCUT2D eigenvalue weighted by molar-refractivity contribution is 5.99. The average Bonchev–Trinajstić information content (AvgIpc) is 3.06. The second kappa shape index (κ2) is 6.72. The molecule has 0 spiro atoms. The van der Waals surface area contributed by atoms with Crippen LogP contribution in [0.2, 0.25) is 0 Å². The Balaban J connectivity index is 1.46. The van der Waals surface area contributed by atoms with Gasteiger partial charge in [-0.25, -0.2) is 9.78 Å². The van der Waals surface area contributed by atoms with Gasteiger partial charge in [-0.1, -0.05) is 30.3 Å². The first-order valence-electron chi connectivity index (χ1n) is 8.36. The molecule has 0 unspecified atom stereocenters. The number of imidazole rings is 1. The van der Waals surface area contributed by atoms with E-state index in [4.69, 9.17) is 0 Å². The molecule has 0 bridgehead atoms. The summed E-state index contributed by atoms with van der Waals surface area (Å²) in [6, 6.07) is 21.0. The number of carbonyl (C=O) groups excluding carboxylic acids is 1. The minimum Gasteiger partial charge on any atom is -0.308 e. The largest absolute Gasteiger partial charge is 0.323 e. The van der Waals surface area contributed by atoms with E-state index in [0.29, 0.717) is 0 Å². The van der Waals surface area contributed by atoms with Crippen LogP contribution in [0.15, 0.2) is 79.1 Å². The van der Waals surface area contributed by atoms with Crippen molar-refractivity contribution in [3.63, 3.8) is 0 Å². The zero-order valence-corrected chi connectivity index (χ0v) is 14.3. The molecule has 4 aromatic rings. The SMILES string of the molecule is Cc1cccc(NC(=O)Nc2ccc(-c3cn4ccccc4n3)cc2)c1. The van der Waals surface area contributed by atoms with E-state index in [1.807, 2.05) is 90.4 Å². The molecule has 0 aliphatic rings. The van der Waals surface area contributed by atoms with E-state index in [0.717, 1.165) is 33.8 Å². The molecule has 0 saturated carbocycles. The van der Waals surface area contributed by atoms with Crippen LogP contribution in [0, 0.1) is 6.92 Å². The lowest BCUT2D eigenvalue weighted by atomic mass is 10.1. The highest BCUT2D eigenvalue weighted by atomic mass is 16.2. The Morgan fingerprint density at radius 3 is 2.50 bits per heavy atom. The van der Waals surface area contributed by atoms with Crippen molar-refractivity contribution in [1.29, 1.82) is 0 Å². The molecule has 2 aromatic heterocycles. The molecule has 2 aromatic carbocycles. The van der Waals surface area contributed by atoms with Gasteiger partial charge >= 0.3 is 6.03 Å². The number of anilines is 2. The van der Waals surface area contributed by atoms with Gasteiger partial charge in [0.1, 0.15) is 5.65 Å². The molecule has 2 N–H and O–H groups in total. The van der Waals surface area contributed by atoms with Crippen molar-refractivity contribution in [2.24, 2.45) is 0 Å². The number of nitrogens with one attached hydrogen (secondary N) is 2. The van der Waals surface area contributed by atoms with Crippen LogP contribution in [0.4, 0.5) is 16.2 Å². The van der Waals surface area contributed by atoms with Crippen molar-refractivity contribution >= 4 is 23.1 Å². The maximum absolute atomic E-state index is 12.1. The Morgan fingerprint density at radius 2 is 1.73 bits per heavy atom. The van der Waals surface area contributed by atoms with Crippen LogP contribution < -0.4 is 10.6 Å². The van der Waals surface area contributed by atoms with Crippen molar-refractivity contribution in [2.75, 3.05) is 10.6 Å². The first-order valence-corrected chi connectivity index (χ1v) is 8.36. The average molecular weight is 342 g/mol. The van der Waals surface area contributed by atoms with Gasteiger partial charge in [0.2, 0.25) is 0 Å². The van der Waals surface area contributed by atoms with Crippen LogP contribution in [-0.2, 0) is 0 Å². The number of nitrogens with zero attached hydrogens (tertiary/aromatic N) is 2. The number of fused-ring (bicyclic) bond motifs is 1. The maximum atomic E-state index is 12.1. The Morgan fingerprint density at radius 1 is 0.923 bits per heavy atom. The normalized spacial score (nSPS) is 10.7. The van der Waals surface area contributed by atoms with Crippen molar-refractivity contribution in [2.45, 2.75) is 6.92 Å². The second-order valence-corrected chi connectivity index (χ2v) is 6.12. The molecular weight excluding hydrogens is 324 g/mol. The van der Waals surface area contributed by atoms with Crippen LogP contribution in [0.3, 0.4) is 0 Å². The van der Waals surface area contributed by atoms with Gasteiger partial charge in [-0.3, -0.25) is 0 Å². The van der Waals surface area contributed by atoms with Gasteiger partial charge in [-0.15, -0.1) is 0 Å². The van der Waals surface area contributed by atoms with Gasteiger partial charge < -0.3 is 15.0 Å². The number of pyridine rings is 1. The number of aryl methyl sites for hydroxylation is 1. The smallest absolute Gasteiger partial charge is 0.308 e. The molecule has 2 amide bonds. The summed E-state index contributed by atoms with van der Waals surface area (Å²) >= 11 is 0. The minimum absolute atomic E-state index is 0.268. The Hall–Kier alpha value is -3.60. The number of amides is 2. The molecule has 4 rings (SSSR count). The van der Waals surface area contributed by atoms with E-state index >= 15 is 0 Å². The molecular formula is C21H18N4O. The lowest BCUT2D eigenvalue weighted by Gasteiger charge is -2.08. The molecule has 0 aliphatic heterocycles. The topological polar surface area (TPSA) is 58.4 Å². The standard InChI is InChI=1S/C21H18N4O/c1-15-5-4-6-18(13-15)23-21(26)22-17-10-8-16(9-11-17)19-14-25-12-3-2-7-20(25)24-19/h2-14H,1H3,(H2,22,23,26). The summed E-state index contributed by atoms with van der Waals surface area (Å²) in [7, 11) is 0. The molecule has 0 aliphatic carbocycles. The summed E-state index contributed by atoms with van der Waals surface area (Å²) in [4.78, 5) is 16.7. The fraction of sp³-hybridized carbons (Fsp3) is 0.0476. The third-order valence-corrected chi connectivity index (χ3v) is 4.08. The summed E-state index contributed by atoms with van der Waals surface area (Å²) in [5.74, 6) is 0. The van der Waals surface area contributed by atoms with Gasteiger partial charge in [0, 0.05) is 29.3 Å². The van der Waals surface area contributed by atoms with Gasteiger partial charge in [0.25, 0.3) is 0 Å². The van der Waals surface area contributed by atoms with Crippen molar-refractivity contribution in [1.82, 2.24) is 9.38 Å². The highest BCUT2D eigenvalue weighted by Crippen LogP contribution is 2.21. The summed E-state index contributed by atoms with van der Waals surface area (Å²) in [5.41, 5.74) is 5.39. The predicted molar refractivity (Wildman–Crippen MR) is 104 cm³/mol. The number of carbonyl (C=O) groups is 1. The maximum Gasteiger partial charge on any atom is 0.323 e. The first kappa shape index (κ1) is 15.9. The van der Waals surface area contributed by atoms with E-state index < -0.39 is 0 Å². The Bertz CT molecular complexity index is 1030. The quantitative estimate of drug-likeness (QED) is 0.553. The molecule has 0 fully saturated rings. The highest BCUT2D eigenvalue weighted by Gasteiger charge is 2.06. The van der Waals surface area contributed by atoms with Crippen LogP contribution in [0.25, 0.3) is 16.9 Å². The van der Waals surface area contributed by atoms with Crippen molar-refractivity contribution < 1.29 is 4.79 Å². The third-order valence-electron chi connectivity index (χ3n) is 4.08. The predicted octanol–water partition coefficient (Wildman–Crippen LogP) is 4.95. The molecule has 0 atom stereocenters. The molecule has 2 heterocycles. The number of aromatic nitrogens is 2. The minimum atomic E-state index is -0.268. The monoisotopic (exact) mass is 342 g/mol. The molecule has 5 nitrogen and oxygen atoms in total. The fourth-order valence-electron chi connectivity index (χ4n) is 2.81. The van der Waals surface area contributed by atoms with E-state index in [1.54, 1.807) is 0 Å². The van der Waals surface area contributed by atoms with Crippen LogP contribution >= 0.6 is 0 Å². The van der Waals surface area contributed by atoms with E-state index in [1.165, 1.54) is 0 Å². The van der Waals surface area contributed by atoms with Crippen molar-refractivity contribution in [3.8, 4) is 11.3 Å². The van der Waals surface area contributed by atoms with E-state index in [9.17, 15) is 4.79 Å². The Kier molecular flexibility index (Phi) is 4.11. The van der Waals surface area contributed by atoms with Gasteiger partial charge in [-0.2, -0.15) is 0 Å². The van der Waals surface area contributed by atoms with Crippen molar-refractivity contribution in [3.05, 3.63) is 84.7 Å².